The van der Waals surface area contributed by atoms with Crippen LogP contribution in [0.3, 0.4) is 0 Å². The molecule has 1 aromatic heterocycles. The highest BCUT2D eigenvalue weighted by molar-refractivity contribution is 9.10. The van der Waals surface area contributed by atoms with Crippen LogP contribution >= 0.6 is 27.3 Å². The van der Waals surface area contributed by atoms with E-state index in [0.717, 1.165) is 11.1 Å². The zero-order valence-corrected chi connectivity index (χ0v) is 25.8. The summed E-state index contributed by atoms with van der Waals surface area (Å²) in [5.41, 5.74) is 2.69. The summed E-state index contributed by atoms with van der Waals surface area (Å²) in [5.74, 6) is 0.652. The maximum atomic E-state index is 13.9. The van der Waals surface area contributed by atoms with Crippen LogP contribution in [-0.4, -0.2) is 29.2 Å². The number of fused-ring (bicyclic) bond motifs is 1. The fraction of sp³-hybridized carbons (Fsp3) is 0.194. The molecule has 1 aliphatic rings. The standard InChI is InChI=1S/C31H26BrN3O7S/c1-4-41-30(37)27-18(2)33-31-34(28(27)21-10-13-25(40-3)24(32)16-21)29(36)26(43-31)15-20-6-5-7-23(14-20)42-17-19-8-11-22(12-9-19)35(38)39/h5-16,28H,4,17H2,1-3H3/b26-15+/t28-/m0/s1. The number of carbonyl (C=O) groups is 1. The van der Waals surface area contributed by atoms with Gasteiger partial charge in [-0.25, -0.2) is 9.79 Å². The number of ether oxygens (including phenoxy) is 3. The number of carbonyl (C=O) groups excluding carboxylic acids is 1. The summed E-state index contributed by atoms with van der Waals surface area (Å²) < 4.78 is 19.3. The fourth-order valence-electron chi connectivity index (χ4n) is 4.69. The van der Waals surface area contributed by atoms with E-state index >= 15 is 0 Å². The Hall–Kier alpha value is -4.55. The van der Waals surface area contributed by atoms with Crippen molar-refractivity contribution in [3.63, 3.8) is 0 Å². The highest BCUT2D eigenvalue weighted by atomic mass is 79.9. The average molecular weight is 665 g/mol. The van der Waals surface area contributed by atoms with Crippen LogP contribution in [0.4, 0.5) is 5.69 Å². The number of allylic oxidation sites excluding steroid dienone is 1. The Labute approximate surface area is 258 Å². The number of hydrogen-bond acceptors (Lipinski definition) is 9. The van der Waals surface area contributed by atoms with Gasteiger partial charge in [0, 0.05) is 12.1 Å². The summed E-state index contributed by atoms with van der Waals surface area (Å²) in [6, 6.07) is 18.1. The lowest BCUT2D eigenvalue weighted by Crippen LogP contribution is -2.39. The second-order valence-electron chi connectivity index (χ2n) is 9.48. The van der Waals surface area contributed by atoms with E-state index in [-0.39, 0.29) is 24.5 Å². The molecule has 4 aromatic rings. The first-order valence-electron chi connectivity index (χ1n) is 13.2. The van der Waals surface area contributed by atoms with Crippen LogP contribution in [-0.2, 0) is 16.1 Å². The van der Waals surface area contributed by atoms with Crippen LogP contribution in [0.1, 0.15) is 36.6 Å². The molecule has 220 valence electrons. The fourth-order valence-corrected chi connectivity index (χ4v) is 6.29. The molecule has 0 fully saturated rings. The van der Waals surface area contributed by atoms with Crippen LogP contribution in [0, 0.1) is 10.1 Å². The molecule has 0 bridgehead atoms. The lowest BCUT2D eigenvalue weighted by atomic mass is 9.96. The van der Waals surface area contributed by atoms with E-state index in [0.29, 0.717) is 42.1 Å². The average Bonchev–Trinajstić information content (AvgIpc) is 3.29. The monoisotopic (exact) mass is 663 g/mol. The van der Waals surface area contributed by atoms with Crippen molar-refractivity contribution in [1.82, 2.24) is 4.57 Å². The largest absolute Gasteiger partial charge is 0.496 e. The minimum Gasteiger partial charge on any atom is -0.496 e. The molecule has 0 saturated heterocycles. The highest BCUT2D eigenvalue weighted by Gasteiger charge is 2.33. The molecule has 2 heterocycles. The van der Waals surface area contributed by atoms with Gasteiger partial charge in [-0.1, -0.05) is 29.5 Å². The number of hydrogen-bond donors (Lipinski definition) is 0. The number of halogens is 1. The van der Waals surface area contributed by atoms with Crippen LogP contribution in [0.5, 0.6) is 11.5 Å². The van der Waals surface area contributed by atoms with Gasteiger partial charge in [-0.15, -0.1) is 0 Å². The van der Waals surface area contributed by atoms with Gasteiger partial charge in [-0.2, -0.15) is 0 Å². The number of non-ortho nitro benzene ring substituents is 1. The lowest BCUT2D eigenvalue weighted by molar-refractivity contribution is -0.384. The van der Waals surface area contributed by atoms with Crippen molar-refractivity contribution in [3.05, 3.63) is 129 Å². The quantitative estimate of drug-likeness (QED) is 0.139. The van der Waals surface area contributed by atoms with E-state index in [1.807, 2.05) is 24.3 Å². The molecule has 0 spiro atoms. The molecule has 10 nitrogen and oxygen atoms in total. The third kappa shape index (κ3) is 6.30. The van der Waals surface area contributed by atoms with Gasteiger partial charge in [0.2, 0.25) is 0 Å². The number of nitro benzene ring substituents is 1. The Morgan fingerprint density at radius 3 is 2.60 bits per heavy atom. The van der Waals surface area contributed by atoms with Crippen LogP contribution < -0.4 is 24.4 Å². The first-order valence-corrected chi connectivity index (χ1v) is 14.8. The third-order valence-electron chi connectivity index (χ3n) is 6.72. The zero-order valence-electron chi connectivity index (χ0n) is 23.4. The van der Waals surface area contributed by atoms with Gasteiger partial charge >= 0.3 is 5.97 Å². The molecule has 43 heavy (non-hydrogen) atoms. The second kappa shape index (κ2) is 12.8. The summed E-state index contributed by atoms with van der Waals surface area (Å²) in [7, 11) is 1.56. The van der Waals surface area contributed by atoms with Gasteiger partial charge < -0.3 is 14.2 Å². The summed E-state index contributed by atoms with van der Waals surface area (Å²) in [4.78, 5) is 42.6. The first-order chi connectivity index (χ1) is 20.7. The van der Waals surface area contributed by atoms with Crippen molar-refractivity contribution in [3.8, 4) is 11.5 Å². The minimum atomic E-state index is -0.754. The van der Waals surface area contributed by atoms with Crippen LogP contribution in [0.15, 0.2) is 92.3 Å². The van der Waals surface area contributed by atoms with E-state index in [9.17, 15) is 19.7 Å². The Bertz CT molecular complexity index is 1930. The normalized spacial score (nSPS) is 14.6. The first kappa shape index (κ1) is 29.9. The van der Waals surface area contributed by atoms with Crippen molar-refractivity contribution in [2.45, 2.75) is 26.5 Å². The molecule has 1 atom stereocenters. The summed E-state index contributed by atoms with van der Waals surface area (Å²) in [6.07, 6.45) is 1.76. The van der Waals surface area contributed by atoms with E-state index in [2.05, 4.69) is 20.9 Å². The van der Waals surface area contributed by atoms with Crippen molar-refractivity contribution < 1.29 is 23.9 Å². The number of esters is 1. The molecule has 0 N–H and O–H groups in total. The molecule has 0 aliphatic carbocycles. The maximum Gasteiger partial charge on any atom is 0.338 e. The predicted octanol–water partition coefficient (Wildman–Crippen LogP) is 5.06. The van der Waals surface area contributed by atoms with Crippen molar-refractivity contribution in [2.75, 3.05) is 13.7 Å². The van der Waals surface area contributed by atoms with Gasteiger partial charge in [0.25, 0.3) is 11.2 Å². The molecule has 0 saturated carbocycles. The number of benzene rings is 3. The van der Waals surface area contributed by atoms with E-state index in [4.69, 9.17) is 14.2 Å². The predicted molar refractivity (Wildman–Crippen MR) is 165 cm³/mol. The van der Waals surface area contributed by atoms with E-state index in [1.165, 1.54) is 28.0 Å². The molecule has 0 unspecified atom stereocenters. The molecule has 0 radical (unpaired) electrons. The third-order valence-corrected chi connectivity index (χ3v) is 8.32. The Morgan fingerprint density at radius 2 is 1.93 bits per heavy atom. The topological polar surface area (TPSA) is 122 Å². The van der Waals surface area contributed by atoms with Crippen LogP contribution in [0.25, 0.3) is 6.08 Å². The summed E-state index contributed by atoms with van der Waals surface area (Å²) in [5, 5.41) is 10.9. The maximum absolute atomic E-state index is 13.9. The summed E-state index contributed by atoms with van der Waals surface area (Å²) in [6.45, 7) is 3.87. The van der Waals surface area contributed by atoms with Gasteiger partial charge in [0.15, 0.2) is 4.80 Å². The van der Waals surface area contributed by atoms with Crippen molar-refractivity contribution >= 4 is 45.0 Å². The molecule has 3 aromatic carbocycles. The lowest BCUT2D eigenvalue weighted by Gasteiger charge is -2.25. The molecule has 12 heteroatoms. The molecule has 5 rings (SSSR count). The smallest absolute Gasteiger partial charge is 0.338 e. The van der Waals surface area contributed by atoms with Gasteiger partial charge in [0.05, 0.1) is 45.0 Å². The van der Waals surface area contributed by atoms with E-state index in [1.54, 1.807) is 57.4 Å². The number of rotatable bonds is 9. The van der Waals surface area contributed by atoms with Crippen molar-refractivity contribution in [2.24, 2.45) is 4.99 Å². The number of methoxy groups -OCH3 is 1. The number of nitro groups is 1. The van der Waals surface area contributed by atoms with Crippen molar-refractivity contribution in [1.29, 1.82) is 0 Å². The number of aromatic nitrogens is 1. The number of nitrogens with zero attached hydrogens (tertiary/aromatic N) is 3. The Morgan fingerprint density at radius 1 is 1.16 bits per heavy atom. The SMILES string of the molecule is CCOC(=O)C1=C(C)N=c2s/c(=C/c3cccc(OCc4ccc([N+](=O)[O-])cc4)c3)c(=O)n2[C@H]1c1ccc(OC)c(Br)c1. The second-order valence-corrected chi connectivity index (χ2v) is 11.3. The molecule has 1 aliphatic heterocycles. The molecule has 0 amide bonds. The minimum absolute atomic E-state index is 0.0126. The summed E-state index contributed by atoms with van der Waals surface area (Å²) >= 11 is 4.74. The molecular formula is C31H26BrN3O7S. The molecular weight excluding hydrogens is 638 g/mol. The van der Waals surface area contributed by atoms with Crippen LogP contribution in [0.2, 0.25) is 0 Å². The number of thiazole rings is 1. The Balaban J connectivity index is 1.51. The van der Waals surface area contributed by atoms with Gasteiger partial charge in [-0.3, -0.25) is 19.5 Å². The van der Waals surface area contributed by atoms with E-state index < -0.39 is 16.9 Å². The Kier molecular flexibility index (Phi) is 8.88. The van der Waals surface area contributed by atoms with Gasteiger partial charge in [-0.05, 0) is 88.9 Å². The van der Waals surface area contributed by atoms with Gasteiger partial charge in [0.1, 0.15) is 18.1 Å². The zero-order chi connectivity index (χ0) is 30.7. The highest BCUT2D eigenvalue weighted by Crippen LogP contribution is 2.35.